The summed E-state index contributed by atoms with van der Waals surface area (Å²) in [4.78, 5) is 3.72. The molecule has 0 radical (unpaired) electrons. The first-order valence-corrected chi connectivity index (χ1v) is 9.55. The molecule has 0 aromatic carbocycles. The summed E-state index contributed by atoms with van der Waals surface area (Å²) in [6.07, 6.45) is 3.77. The van der Waals surface area contributed by atoms with Gasteiger partial charge >= 0.3 is 0 Å². The average Bonchev–Trinajstić information content (AvgIpc) is 1.96. The minimum absolute atomic E-state index is 0.889. The molecule has 0 aromatic rings. The van der Waals surface area contributed by atoms with Gasteiger partial charge in [-0.1, -0.05) is 19.6 Å². The molecule has 0 N–H and O–H groups in total. The first-order chi connectivity index (χ1) is 5.49. The minimum Gasteiger partial charge on any atom is -0.170 e. The lowest BCUT2D eigenvalue weighted by Gasteiger charge is -2.14. The predicted octanol–water partition coefficient (Wildman–Crippen LogP) is 2.80. The van der Waals surface area contributed by atoms with Crippen molar-refractivity contribution in [2.75, 3.05) is 11.6 Å². The van der Waals surface area contributed by atoms with Gasteiger partial charge < -0.3 is 0 Å². The van der Waals surface area contributed by atoms with Crippen LogP contribution in [0.4, 0.5) is 0 Å². The topological polar surface area (TPSA) is 36.1 Å². The van der Waals surface area contributed by atoms with Gasteiger partial charge in [0.15, 0.2) is 0 Å². The molecule has 0 heterocycles. The summed E-state index contributed by atoms with van der Waals surface area (Å²) in [6, 6.07) is 0. The molecule has 0 unspecified atom stereocenters. The molecule has 68 valence electrons. The number of nitriles is 1. The van der Waals surface area contributed by atoms with Gasteiger partial charge in [-0.2, -0.15) is 10.3 Å². The maximum atomic E-state index is 8.34. The highest BCUT2D eigenvalue weighted by atomic mass is 32.2. The maximum Gasteiger partial charge on any atom is 0.207 e. The Morgan fingerprint density at radius 1 is 1.50 bits per heavy atom. The second-order valence-electron chi connectivity index (χ2n) is 3.53. The van der Waals surface area contributed by atoms with Crippen LogP contribution in [-0.2, 0) is 0 Å². The SMILES string of the molecule is CSC(=NC#N)SC[Si](C)(C)C. The van der Waals surface area contributed by atoms with Gasteiger partial charge in [0.2, 0.25) is 6.19 Å². The molecule has 0 saturated carbocycles. The Balaban J connectivity index is 3.92. The van der Waals surface area contributed by atoms with E-state index in [1.807, 2.05) is 12.4 Å². The van der Waals surface area contributed by atoms with Crippen LogP contribution in [0.25, 0.3) is 0 Å². The van der Waals surface area contributed by atoms with E-state index in [9.17, 15) is 0 Å². The number of thioether (sulfide) groups is 2. The predicted molar refractivity (Wildman–Crippen MR) is 62.4 cm³/mol. The molecular formula is C7H14N2S2Si. The van der Waals surface area contributed by atoms with Crippen LogP contribution in [0, 0.1) is 11.5 Å². The quantitative estimate of drug-likeness (QED) is 0.309. The number of hydrogen-bond acceptors (Lipinski definition) is 4. The number of rotatable bonds is 2. The van der Waals surface area contributed by atoms with Gasteiger partial charge in [-0.3, -0.25) is 0 Å². The Kier molecular flexibility index (Phi) is 5.71. The highest BCUT2D eigenvalue weighted by Crippen LogP contribution is 2.18. The van der Waals surface area contributed by atoms with E-state index < -0.39 is 8.07 Å². The van der Waals surface area contributed by atoms with Crippen LogP contribution in [0.15, 0.2) is 4.99 Å². The summed E-state index contributed by atoms with van der Waals surface area (Å²) in [6.45, 7) is 6.93. The van der Waals surface area contributed by atoms with Crippen molar-refractivity contribution in [3.8, 4) is 6.19 Å². The van der Waals surface area contributed by atoms with Crippen molar-refractivity contribution in [1.82, 2.24) is 0 Å². The highest BCUT2D eigenvalue weighted by Gasteiger charge is 2.14. The van der Waals surface area contributed by atoms with Crippen LogP contribution < -0.4 is 0 Å². The Hall–Kier alpha value is 0.0769. The van der Waals surface area contributed by atoms with E-state index in [-0.39, 0.29) is 0 Å². The molecule has 0 rings (SSSR count). The molecular weight excluding hydrogens is 204 g/mol. The van der Waals surface area contributed by atoms with Crippen molar-refractivity contribution in [1.29, 1.82) is 5.26 Å². The molecule has 5 heteroatoms. The third-order valence-corrected chi connectivity index (χ3v) is 6.62. The second kappa shape index (κ2) is 5.68. The summed E-state index contributed by atoms with van der Waals surface area (Å²) in [7, 11) is -1.01. The summed E-state index contributed by atoms with van der Waals surface area (Å²) in [5.41, 5.74) is 0. The van der Waals surface area contributed by atoms with Gasteiger partial charge in [-0.15, -0.1) is 23.5 Å². The fourth-order valence-electron chi connectivity index (χ4n) is 0.456. The summed E-state index contributed by atoms with van der Waals surface area (Å²) in [5, 5.41) is 9.48. The van der Waals surface area contributed by atoms with E-state index in [2.05, 4.69) is 24.6 Å². The minimum atomic E-state index is -1.01. The zero-order valence-electron chi connectivity index (χ0n) is 7.92. The van der Waals surface area contributed by atoms with Crippen molar-refractivity contribution in [2.24, 2.45) is 4.99 Å². The first-order valence-electron chi connectivity index (χ1n) is 3.63. The standard InChI is InChI=1S/C7H14N2S2Si/c1-10-7(9-5-8)11-6-12(2,3)4/h6H2,1-4H3. The lowest BCUT2D eigenvalue weighted by molar-refractivity contribution is 1.45. The average molecular weight is 218 g/mol. The van der Waals surface area contributed by atoms with Crippen LogP contribution in [0.3, 0.4) is 0 Å². The molecule has 0 fully saturated rings. The summed E-state index contributed by atoms with van der Waals surface area (Å²) in [5.74, 6) is 0. The number of hydrogen-bond donors (Lipinski definition) is 0. The molecule has 2 nitrogen and oxygen atoms in total. The van der Waals surface area contributed by atoms with Crippen molar-refractivity contribution in [2.45, 2.75) is 19.6 Å². The molecule has 0 spiro atoms. The van der Waals surface area contributed by atoms with Crippen LogP contribution in [0.1, 0.15) is 0 Å². The van der Waals surface area contributed by atoms with Crippen LogP contribution in [-0.4, -0.2) is 24.1 Å². The van der Waals surface area contributed by atoms with Crippen molar-refractivity contribution < 1.29 is 0 Å². The van der Waals surface area contributed by atoms with Gasteiger partial charge in [0.25, 0.3) is 0 Å². The van der Waals surface area contributed by atoms with Gasteiger partial charge in [0, 0.05) is 0 Å². The number of aliphatic imine (C=N–C) groups is 1. The lowest BCUT2D eigenvalue weighted by Crippen LogP contribution is -2.24. The monoisotopic (exact) mass is 218 g/mol. The molecule has 0 aliphatic heterocycles. The molecule has 0 saturated heterocycles. The zero-order chi connectivity index (χ0) is 9.61. The summed E-state index contributed by atoms with van der Waals surface area (Å²) >= 11 is 3.25. The highest BCUT2D eigenvalue weighted by molar-refractivity contribution is 8.39. The molecule has 0 aliphatic carbocycles. The number of nitrogens with zero attached hydrogens (tertiary/aromatic N) is 2. The van der Waals surface area contributed by atoms with E-state index in [1.165, 1.54) is 0 Å². The smallest absolute Gasteiger partial charge is 0.170 e. The largest absolute Gasteiger partial charge is 0.207 e. The van der Waals surface area contributed by atoms with Crippen molar-refractivity contribution in [3.05, 3.63) is 0 Å². The third-order valence-electron chi connectivity index (χ3n) is 0.945. The van der Waals surface area contributed by atoms with E-state index in [0.29, 0.717) is 0 Å². The second-order valence-corrected chi connectivity index (χ2v) is 11.5. The Labute approximate surface area is 83.8 Å². The first kappa shape index (κ1) is 12.1. The fraction of sp³-hybridized carbons (Fsp3) is 0.714. The van der Waals surface area contributed by atoms with Gasteiger partial charge in [-0.05, 0) is 11.6 Å². The molecule has 0 aliphatic rings. The fourth-order valence-corrected chi connectivity index (χ4v) is 3.92. The van der Waals surface area contributed by atoms with Crippen LogP contribution >= 0.6 is 23.5 Å². The zero-order valence-corrected chi connectivity index (χ0v) is 10.6. The van der Waals surface area contributed by atoms with E-state index >= 15 is 0 Å². The molecule has 0 amide bonds. The van der Waals surface area contributed by atoms with Gasteiger partial charge in [0.05, 0.1) is 8.07 Å². The molecule has 0 aromatic heterocycles. The maximum absolute atomic E-state index is 8.34. The van der Waals surface area contributed by atoms with Crippen LogP contribution in [0.5, 0.6) is 0 Å². The third kappa shape index (κ3) is 6.77. The summed E-state index contributed by atoms with van der Waals surface area (Å²) < 4.78 is 0.889. The van der Waals surface area contributed by atoms with Crippen molar-refractivity contribution >= 4 is 36.0 Å². The lowest BCUT2D eigenvalue weighted by atomic mass is 11.3. The van der Waals surface area contributed by atoms with Gasteiger partial charge in [0.1, 0.15) is 4.38 Å². The van der Waals surface area contributed by atoms with E-state index in [0.717, 1.165) is 9.75 Å². The molecule has 0 atom stereocenters. The van der Waals surface area contributed by atoms with Gasteiger partial charge in [-0.25, -0.2) is 0 Å². The van der Waals surface area contributed by atoms with E-state index in [1.54, 1.807) is 23.5 Å². The van der Waals surface area contributed by atoms with Crippen molar-refractivity contribution in [3.63, 3.8) is 0 Å². The Morgan fingerprint density at radius 2 is 2.08 bits per heavy atom. The molecule has 12 heavy (non-hydrogen) atoms. The normalized spacial score (nSPS) is 12.8. The Bertz CT molecular complexity index is 202. The van der Waals surface area contributed by atoms with E-state index in [4.69, 9.17) is 5.26 Å². The molecule has 0 bridgehead atoms. The Morgan fingerprint density at radius 3 is 2.42 bits per heavy atom. The van der Waals surface area contributed by atoms with Crippen LogP contribution in [0.2, 0.25) is 19.6 Å².